The molecular formula is C25H29F3N4O5. The van der Waals surface area contributed by atoms with Gasteiger partial charge in [0.2, 0.25) is 5.91 Å². The summed E-state index contributed by atoms with van der Waals surface area (Å²) in [7, 11) is 0. The Labute approximate surface area is 212 Å². The van der Waals surface area contributed by atoms with Gasteiger partial charge in [-0.15, -0.1) is 13.2 Å². The first kappa shape index (κ1) is 26.7. The summed E-state index contributed by atoms with van der Waals surface area (Å²) in [6.45, 7) is 3.70. The molecule has 37 heavy (non-hydrogen) atoms. The van der Waals surface area contributed by atoms with E-state index in [2.05, 4.69) is 15.4 Å². The van der Waals surface area contributed by atoms with E-state index in [9.17, 15) is 27.9 Å². The molecule has 2 aromatic carbocycles. The van der Waals surface area contributed by atoms with Crippen molar-refractivity contribution in [3.8, 4) is 5.75 Å². The Bertz CT molecular complexity index is 1090. The molecule has 2 amide bonds. The van der Waals surface area contributed by atoms with Gasteiger partial charge in [0.25, 0.3) is 5.91 Å². The van der Waals surface area contributed by atoms with Crippen molar-refractivity contribution in [1.82, 2.24) is 9.80 Å². The van der Waals surface area contributed by atoms with Crippen LogP contribution in [0.3, 0.4) is 0 Å². The van der Waals surface area contributed by atoms with Crippen molar-refractivity contribution in [3.05, 3.63) is 54.1 Å². The summed E-state index contributed by atoms with van der Waals surface area (Å²) < 4.78 is 47.0. The van der Waals surface area contributed by atoms with Gasteiger partial charge in [0, 0.05) is 50.0 Å². The number of hydrogen-bond acceptors (Lipinski definition) is 7. The maximum Gasteiger partial charge on any atom is 0.573 e. The predicted molar refractivity (Wildman–Crippen MR) is 129 cm³/mol. The predicted octanol–water partition coefficient (Wildman–Crippen LogP) is 3.24. The number of piperidine rings is 1. The molecule has 2 heterocycles. The van der Waals surface area contributed by atoms with E-state index >= 15 is 0 Å². The number of alkyl halides is 3. The molecule has 1 unspecified atom stereocenters. The number of morpholine rings is 1. The molecule has 0 saturated carbocycles. The number of rotatable bonds is 6. The minimum Gasteiger partial charge on any atom is -0.406 e. The van der Waals surface area contributed by atoms with Gasteiger partial charge in [-0.05, 0) is 61.4 Å². The van der Waals surface area contributed by atoms with Crippen molar-refractivity contribution in [1.29, 1.82) is 0 Å². The minimum absolute atomic E-state index is 0.100. The Kier molecular flexibility index (Phi) is 7.90. The number of carbonyl (C=O) groups excluding carboxylic acids is 2. The standard InChI is InChI=1S/C25H29F3N4O5/c1-17(33)29-19-4-2-18(3-5-19)22(34)31-12-10-24(11-13-31)16-32(14-15-36-24)23(35)30-20-6-8-21(9-7-20)37-25(26,27)28/h2-9,23,30,35H,10-16H2,1H3,(H,29,33). The number of likely N-dealkylation sites (tertiary alicyclic amines) is 1. The molecule has 12 heteroatoms. The van der Waals surface area contributed by atoms with Crippen molar-refractivity contribution in [2.45, 2.75) is 38.1 Å². The van der Waals surface area contributed by atoms with E-state index in [1.54, 1.807) is 29.2 Å². The third-order valence-electron chi connectivity index (χ3n) is 6.42. The van der Waals surface area contributed by atoms with Gasteiger partial charge in [-0.25, -0.2) is 0 Å². The van der Waals surface area contributed by atoms with Gasteiger partial charge in [0.15, 0.2) is 6.35 Å². The van der Waals surface area contributed by atoms with E-state index in [-0.39, 0.29) is 17.6 Å². The fraction of sp³-hybridized carbons (Fsp3) is 0.440. The number of ether oxygens (including phenoxy) is 2. The quantitative estimate of drug-likeness (QED) is 0.501. The summed E-state index contributed by atoms with van der Waals surface area (Å²) in [5, 5.41) is 16.3. The van der Waals surface area contributed by atoms with E-state index in [1.807, 2.05) is 4.90 Å². The maximum absolute atomic E-state index is 12.9. The summed E-state index contributed by atoms with van der Waals surface area (Å²) in [5.74, 6) is -0.630. The number of halogens is 3. The monoisotopic (exact) mass is 522 g/mol. The molecule has 0 aliphatic carbocycles. The van der Waals surface area contributed by atoms with Crippen LogP contribution < -0.4 is 15.4 Å². The second kappa shape index (κ2) is 11.0. The van der Waals surface area contributed by atoms with Crippen LogP contribution in [-0.2, 0) is 9.53 Å². The molecule has 0 radical (unpaired) electrons. The average molecular weight is 523 g/mol. The van der Waals surface area contributed by atoms with Crippen LogP contribution in [-0.4, -0.2) is 77.8 Å². The molecule has 200 valence electrons. The SMILES string of the molecule is CC(=O)Nc1ccc(C(=O)N2CCC3(CC2)CN(C(O)Nc2ccc(OC(F)(F)F)cc2)CCO3)cc1. The van der Waals surface area contributed by atoms with Gasteiger partial charge in [-0.3, -0.25) is 14.5 Å². The van der Waals surface area contributed by atoms with Crippen LogP contribution in [0.2, 0.25) is 0 Å². The third-order valence-corrected chi connectivity index (χ3v) is 6.42. The first-order chi connectivity index (χ1) is 17.5. The van der Waals surface area contributed by atoms with Crippen LogP contribution in [0.1, 0.15) is 30.1 Å². The van der Waals surface area contributed by atoms with E-state index in [0.29, 0.717) is 62.6 Å². The van der Waals surface area contributed by atoms with Gasteiger partial charge in [0.05, 0.1) is 12.2 Å². The zero-order valence-corrected chi connectivity index (χ0v) is 20.3. The smallest absolute Gasteiger partial charge is 0.406 e. The highest BCUT2D eigenvalue weighted by atomic mass is 19.4. The van der Waals surface area contributed by atoms with Gasteiger partial charge < -0.3 is 30.1 Å². The number of aliphatic hydroxyl groups excluding tert-OH is 1. The van der Waals surface area contributed by atoms with Crippen molar-refractivity contribution in [3.63, 3.8) is 0 Å². The lowest BCUT2D eigenvalue weighted by atomic mass is 9.89. The van der Waals surface area contributed by atoms with Crippen LogP contribution in [0, 0.1) is 0 Å². The lowest BCUT2D eigenvalue weighted by molar-refractivity contribution is -0.274. The highest BCUT2D eigenvalue weighted by molar-refractivity contribution is 5.95. The summed E-state index contributed by atoms with van der Waals surface area (Å²) in [4.78, 5) is 27.7. The lowest BCUT2D eigenvalue weighted by Crippen LogP contribution is -2.60. The lowest BCUT2D eigenvalue weighted by Gasteiger charge is -2.48. The first-order valence-corrected chi connectivity index (χ1v) is 11.9. The summed E-state index contributed by atoms with van der Waals surface area (Å²) in [6.07, 6.45) is -4.66. The van der Waals surface area contributed by atoms with Crippen molar-refractivity contribution in [2.75, 3.05) is 43.4 Å². The van der Waals surface area contributed by atoms with Gasteiger partial charge >= 0.3 is 6.36 Å². The largest absolute Gasteiger partial charge is 0.573 e. The van der Waals surface area contributed by atoms with E-state index in [4.69, 9.17) is 4.74 Å². The molecule has 2 aliphatic rings. The molecule has 2 aliphatic heterocycles. The Morgan fingerprint density at radius 3 is 2.24 bits per heavy atom. The normalized spacial score (nSPS) is 18.8. The molecule has 2 saturated heterocycles. The fourth-order valence-electron chi connectivity index (χ4n) is 4.58. The fourth-order valence-corrected chi connectivity index (χ4v) is 4.58. The van der Waals surface area contributed by atoms with E-state index < -0.39 is 18.3 Å². The molecule has 0 bridgehead atoms. The summed E-state index contributed by atoms with van der Waals surface area (Å²) >= 11 is 0. The molecular weight excluding hydrogens is 493 g/mol. The Hall–Kier alpha value is -3.35. The Balaban J connectivity index is 1.30. The summed E-state index contributed by atoms with van der Waals surface area (Å²) in [6, 6.07) is 11.9. The minimum atomic E-state index is -4.77. The topological polar surface area (TPSA) is 103 Å². The number of nitrogens with one attached hydrogen (secondary N) is 2. The van der Waals surface area contributed by atoms with Crippen LogP contribution in [0.5, 0.6) is 5.75 Å². The molecule has 1 atom stereocenters. The number of benzene rings is 2. The summed E-state index contributed by atoms with van der Waals surface area (Å²) in [5.41, 5.74) is 1.07. The van der Waals surface area contributed by atoms with Gasteiger partial charge in [0.1, 0.15) is 5.75 Å². The number of hydrogen-bond donors (Lipinski definition) is 3. The second-order valence-corrected chi connectivity index (χ2v) is 9.14. The van der Waals surface area contributed by atoms with E-state index in [0.717, 1.165) is 0 Å². The molecule has 1 spiro atoms. The Morgan fingerprint density at radius 1 is 1.03 bits per heavy atom. The van der Waals surface area contributed by atoms with Crippen LogP contribution in [0.15, 0.2) is 48.5 Å². The maximum atomic E-state index is 12.9. The van der Waals surface area contributed by atoms with Crippen molar-refractivity contribution >= 4 is 23.2 Å². The Morgan fingerprint density at radius 2 is 1.65 bits per heavy atom. The zero-order valence-electron chi connectivity index (χ0n) is 20.3. The zero-order chi connectivity index (χ0) is 26.6. The number of nitrogens with zero attached hydrogens (tertiary/aromatic N) is 2. The molecule has 4 rings (SSSR count). The second-order valence-electron chi connectivity index (χ2n) is 9.14. The van der Waals surface area contributed by atoms with E-state index in [1.165, 1.54) is 31.2 Å². The number of aliphatic hydroxyl groups is 1. The van der Waals surface area contributed by atoms with Crippen LogP contribution >= 0.6 is 0 Å². The molecule has 2 fully saturated rings. The highest BCUT2D eigenvalue weighted by Gasteiger charge is 2.42. The molecule has 0 aromatic heterocycles. The van der Waals surface area contributed by atoms with Crippen molar-refractivity contribution < 1.29 is 37.3 Å². The molecule has 2 aromatic rings. The number of anilines is 2. The number of amides is 2. The molecule has 9 nitrogen and oxygen atoms in total. The first-order valence-electron chi connectivity index (χ1n) is 11.9. The van der Waals surface area contributed by atoms with Gasteiger partial charge in [-0.2, -0.15) is 0 Å². The average Bonchev–Trinajstić information content (AvgIpc) is 2.85. The molecule has 3 N–H and O–H groups in total. The van der Waals surface area contributed by atoms with Crippen LogP contribution in [0.25, 0.3) is 0 Å². The number of carbonyl (C=O) groups is 2. The van der Waals surface area contributed by atoms with Crippen LogP contribution in [0.4, 0.5) is 24.5 Å². The van der Waals surface area contributed by atoms with Crippen molar-refractivity contribution in [2.24, 2.45) is 0 Å². The third kappa shape index (κ3) is 7.12. The highest BCUT2D eigenvalue weighted by Crippen LogP contribution is 2.32. The van der Waals surface area contributed by atoms with Gasteiger partial charge in [-0.1, -0.05) is 0 Å².